The number of hydrogen-bond donors (Lipinski definition) is 2. The number of aryl methyl sites for hydroxylation is 1. The number of nitrogens with zero attached hydrogens (tertiary/aromatic N) is 5. The Morgan fingerprint density at radius 1 is 1.32 bits per heavy atom. The van der Waals surface area contributed by atoms with Crippen molar-refractivity contribution in [3.63, 3.8) is 0 Å². The quantitative estimate of drug-likeness (QED) is 0.732. The number of anilines is 1. The third kappa shape index (κ3) is 3.03. The van der Waals surface area contributed by atoms with Gasteiger partial charge in [-0.05, 0) is 0 Å². The van der Waals surface area contributed by atoms with Crippen molar-refractivity contribution in [3.8, 4) is 0 Å². The average molecular weight is 283 g/mol. The van der Waals surface area contributed by atoms with Crippen molar-refractivity contribution in [2.24, 2.45) is 7.05 Å². The number of aromatic nitrogens is 5. The fourth-order valence-electron chi connectivity index (χ4n) is 1.29. The third-order valence-electron chi connectivity index (χ3n) is 2.39. The average Bonchev–Trinajstić information content (AvgIpc) is 2.82. The molecule has 0 aromatic carbocycles. The molecule has 2 aromatic rings. The summed E-state index contributed by atoms with van der Waals surface area (Å²) in [5.74, 6) is 0.864. The Morgan fingerprint density at radius 2 is 2.00 bits per heavy atom. The molecular weight excluding hydrogens is 270 g/mol. The van der Waals surface area contributed by atoms with Gasteiger partial charge in [0.2, 0.25) is 16.0 Å². The van der Waals surface area contributed by atoms with Gasteiger partial charge in [0.05, 0.1) is 18.9 Å². The second-order valence-corrected chi connectivity index (χ2v) is 5.44. The summed E-state index contributed by atoms with van der Waals surface area (Å²) < 4.78 is 28.0. The highest BCUT2D eigenvalue weighted by Gasteiger charge is 2.16. The molecule has 0 aliphatic carbocycles. The second-order valence-electron chi connectivity index (χ2n) is 3.67. The molecule has 0 aliphatic heterocycles. The first kappa shape index (κ1) is 13.4. The van der Waals surface area contributed by atoms with Crippen LogP contribution in [0.25, 0.3) is 0 Å². The van der Waals surface area contributed by atoms with Gasteiger partial charge in [-0.1, -0.05) is 0 Å². The minimum Gasteiger partial charge on any atom is -0.357 e. The molecular formula is C9H13N7O2S. The zero-order valence-corrected chi connectivity index (χ0v) is 11.2. The Morgan fingerprint density at radius 3 is 2.53 bits per heavy atom. The van der Waals surface area contributed by atoms with Gasteiger partial charge in [0.15, 0.2) is 0 Å². The Balaban J connectivity index is 2.11. The maximum atomic E-state index is 12.0. The molecule has 0 amide bonds. The predicted molar refractivity (Wildman–Crippen MR) is 66.6 cm³/mol. The lowest BCUT2D eigenvalue weighted by atomic mass is 10.6. The normalized spacial score (nSPS) is 11.5. The van der Waals surface area contributed by atoms with Crippen LogP contribution >= 0.6 is 0 Å². The minimum absolute atomic E-state index is 0.00586. The maximum Gasteiger partial charge on any atom is 0.244 e. The van der Waals surface area contributed by atoms with Crippen LogP contribution in [0, 0.1) is 0 Å². The molecule has 0 spiro atoms. The highest BCUT2D eigenvalue weighted by molar-refractivity contribution is 7.89. The van der Waals surface area contributed by atoms with Crippen LogP contribution in [0.15, 0.2) is 23.6 Å². The van der Waals surface area contributed by atoms with E-state index in [2.05, 4.69) is 30.2 Å². The van der Waals surface area contributed by atoms with E-state index in [0.29, 0.717) is 11.8 Å². The summed E-state index contributed by atoms with van der Waals surface area (Å²) in [6, 6.07) is 0. The van der Waals surface area contributed by atoms with Crippen LogP contribution < -0.4 is 10.0 Å². The van der Waals surface area contributed by atoms with Crippen LogP contribution in [0.3, 0.4) is 0 Å². The first-order valence-electron chi connectivity index (χ1n) is 5.35. The molecule has 10 heteroatoms. The van der Waals surface area contributed by atoms with E-state index in [9.17, 15) is 8.42 Å². The van der Waals surface area contributed by atoms with Crippen LogP contribution in [-0.4, -0.2) is 40.2 Å². The largest absolute Gasteiger partial charge is 0.357 e. The van der Waals surface area contributed by atoms with E-state index >= 15 is 0 Å². The summed E-state index contributed by atoms with van der Waals surface area (Å²) in [5, 5.41) is 10.2. The summed E-state index contributed by atoms with van der Waals surface area (Å²) in [7, 11) is -0.283. The SMILES string of the molecule is CNc1ncc(S(=O)(=O)NCc2nncn2C)cn1. The molecule has 2 aromatic heterocycles. The van der Waals surface area contributed by atoms with Crippen molar-refractivity contribution >= 4 is 16.0 Å². The zero-order chi connectivity index (χ0) is 13.9. The smallest absolute Gasteiger partial charge is 0.244 e. The van der Waals surface area contributed by atoms with Gasteiger partial charge in [-0.15, -0.1) is 10.2 Å². The topological polar surface area (TPSA) is 115 Å². The number of rotatable bonds is 5. The lowest BCUT2D eigenvalue weighted by Crippen LogP contribution is -2.25. The zero-order valence-electron chi connectivity index (χ0n) is 10.4. The van der Waals surface area contributed by atoms with E-state index in [1.54, 1.807) is 18.7 Å². The Labute approximate surface area is 110 Å². The van der Waals surface area contributed by atoms with Crippen LogP contribution in [-0.2, 0) is 23.6 Å². The van der Waals surface area contributed by atoms with Gasteiger partial charge in [-0.3, -0.25) is 0 Å². The first-order valence-corrected chi connectivity index (χ1v) is 6.83. The first-order chi connectivity index (χ1) is 9.03. The van der Waals surface area contributed by atoms with Crippen molar-refractivity contribution in [1.82, 2.24) is 29.5 Å². The molecule has 2 N–H and O–H groups in total. The van der Waals surface area contributed by atoms with Gasteiger partial charge in [-0.25, -0.2) is 23.1 Å². The summed E-state index contributed by atoms with van der Waals surface area (Å²) >= 11 is 0. The monoisotopic (exact) mass is 283 g/mol. The molecule has 0 saturated carbocycles. The molecule has 0 saturated heterocycles. The molecule has 0 aliphatic rings. The molecule has 0 fully saturated rings. The van der Waals surface area contributed by atoms with Crippen LogP contribution in [0.5, 0.6) is 0 Å². The van der Waals surface area contributed by atoms with Crippen molar-refractivity contribution in [1.29, 1.82) is 0 Å². The molecule has 2 rings (SSSR count). The van der Waals surface area contributed by atoms with Gasteiger partial charge < -0.3 is 9.88 Å². The van der Waals surface area contributed by atoms with E-state index < -0.39 is 10.0 Å². The fourth-order valence-corrected chi connectivity index (χ4v) is 2.16. The van der Waals surface area contributed by atoms with Gasteiger partial charge in [0.25, 0.3) is 0 Å². The molecule has 19 heavy (non-hydrogen) atoms. The van der Waals surface area contributed by atoms with Crippen LogP contribution in [0.1, 0.15) is 5.82 Å². The van der Waals surface area contributed by atoms with Crippen LogP contribution in [0.4, 0.5) is 5.95 Å². The van der Waals surface area contributed by atoms with Crippen molar-refractivity contribution in [3.05, 3.63) is 24.5 Å². The maximum absolute atomic E-state index is 12.0. The number of nitrogens with one attached hydrogen (secondary N) is 2. The van der Waals surface area contributed by atoms with Gasteiger partial charge in [-0.2, -0.15) is 0 Å². The number of hydrogen-bond acceptors (Lipinski definition) is 7. The predicted octanol–water partition coefficient (Wildman–Crippen LogP) is -0.875. The molecule has 0 unspecified atom stereocenters. The summed E-state index contributed by atoms with van der Waals surface area (Å²) in [4.78, 5) is 7.70. The second kappa shape index (κ2) is 5.28. The van der Waals surface area contributed by atoms with E-state index in [4.69, 9.17) is 0 Å². The van der Waals surface area contributed by atoms with E-state index in [1.807, 2.05) is 0 Å². The Bertz CT molecular complexity index is 649. The lowest BCUT2D eigenvalue weighted by molar-refractivity contribution is 0.576. The van der Waals surface area contributed by atoms with Crippen molar-refractivity contribution in [2.75, 3.05) is 12.4 Å². The molecule has 0 radical (unpaired) electrons. The van der Waals surface area contributed by atoms with Gasteiger partial charge in [0.1, 0.15) is 17.0 Å². The summed E-state index contributed by atoms with van der Waals surface area (Å²) in [5.41, 5.74) is 0. The van der Waals surface area contributed by atoms with Crippen LogP contribution in [0.2, 0.25) is 0 Å². The molecule has 2 heterocycles. The molecule has 0 atom stereocenters. The highest BCUT2D eigenvalue weighted by atomic mass is 32.2. The standard InChI is InChI=1S/C9H13N7O2S/c1-10-9-11-3-7(4-12-9)19(17,18)14-5-8-15-13-6-16(8)2/h3-4,6,14H,5H2,1-2H3,(H,10,11,12). The van der Waals surface area contributed by atoms with Crippen molar-refractivity contribution < 1.29 is 8.42 Å². The Hall–Kier alpha value is -2.07. The van der Waals surface area contributed by atoms with E-state index in [1.165, 1.54) is 18.7 Å². The van der Waals surface area contributed by atoms with Gasteiger partial charge in [0, 0.05) is 14.1 Å². The van der Waals surface area contributed by atoms with Crippen molar-refractivity contribution in [2.45, 2.75) is 11.4 Å². The van der Waals surface area contributed by atoms with Gasteiger partial charge >= 0.3 is 0 Å². The minimum atomic E-state index is -3.66. The third-order valence-corrected chi connectivity index (χ3v) is 3.74. The van der Waals surface area contributed by atoms with E-state index in [0.717, 1.165) is 0 Å². The molecule has 0 bridgehead atoms. The number of sulfonamides is 1. The fraction of sp³-hybridized carbons (Fsp3) is 0.333. The van der Waals surface area contributed by atoms with E-state index in [-0.39, 0.29) is 11.4 Å². The summed E-state index contributed by atoms with van der Waals surface area (Å²) in [6.45, 7) is 0.0482. The molecule has 102 valence electrons. The summed E-state index contributed by atoms with van der Waals surface area (Å²) in [6.07, 6.45) is 3.96. The Kier molecular flexibility index (Phi) is 3.71. The molecule has 9 nitrogen and oxygen atoms in total. The highest BCUT2D eigenvalue weighted by Crippen LogP contribution is 2.07. The lowest BCUT2D eigenvalue weighted by Gasteiger charge is -2.06.